The van der Waals surface area contributed by atoms with Crippen LogP contribution in [-0.4, -0.2) is 46.8 Å². The number of nitrogens with zero attached hydrogens (tertiary/aromatic N) is 1. The normalized spacial score (nSPS) is 27.2. The summed E-state index contributed by atoms with van der Waals surface area (Å²) in [6.45, 7) is 0.0421. The van der Waals surface area contributed by atoms with Crippen molar-refractivity contribution < 1.29 is 29.0 Å². The Hall–Kier alpha value is -3.43. The van der Waals surface area contributed by atoms with Gasteiger partial charge in [0.05, 0.1) is 36.2 Å². The summed E-state index contributed by atoms with van der Waals surface area (Å²) in [5, 5.41) is 15.5. The Kier molecular flexibility index (Phi) is 5.33. The summed E-state index contributed by atoms with van der Waals surface area (Å²) in [6.07, 6.45) is -0.113. The van der Waals surface area contributed by atoms with Crippen LogP contribution in [-0.2, 0) is 31.3 Å². The minimum Gasteiger partial charge on any atom is -0.497 e. The van der Waals surface area contributed by atoms with Gasteiger partial charge in [0.2, 0.25) is 17.7 Å². The fourth-order valence-corrected chi connectivity index (χ4v) is 5.67. The van der Waals surface area contributed by atoms with Crippen LogP contribution in [0.1, 0.15) is 24.0 Å². The third kappa shape index (κ3) is 3.19. The molecule has 3 aliphatic rings. The predicted octanol–water partition coefficient (Wildman–Crippen LogP) is 2.13. The number of carbonyl (C=O) groups is 4. The maximum absolute atomic E-state index is 13.7. The number of rotatable bonds is 6. The number of anilines is 1. The molecule has 2 unspecified atom stereocenters. The molecule has 2 fully saturated rings. The number of benzene rings is 2. The molecule has 2 saturated heterocycles. The number of halogens is 1. The standard InChI is InChI=1S/C24H22ClN3O6/c1-34-13-7-5-12(6-8-13)11-28-21(31)18-16(9-10-17(29)30)27-24(19(18)22(28)32)14-3-2-4-15(25)20(14)26-23(24)33/h2-8,16,18-19,27H,9-11H2,1H3,(H,26,33)(H,29,30)/t16?,18-,19+,24?/m1/s1. The van der Waals surface area contributed by atoms with Gasteiger partial charge in [-0.05, 0) is 30.2 Å². The van der Waals surface area contributed by atoms with Gasteiger partial charge >= 0.3 is 5.97 Å². The topological polar surface area (TPSA) is 125 Å². The van der Waals surface area contributed by atoms with E-state index in [1.165, 1.54) is 4.90 Å². The van der Waals surface area contributed by atoms with Crippen LogP contribution in [0, 0.1) is 11.8 Å². The first-order valence-electron chi connectivity index (χ1n) is 10.9. The number of para-hydroxylation sites is 1. The second-order valence-corrected chi connectivity index (χ2v) is 9.13. The number of likely N-dealkylation sites (tertiary alicyclic amines) is 1. The molecule has 0 radical (unpaired) electrons. The summed E-state index contributed by atoms with van der Waals surface area (Å²) in [6, 6.07) is 11.3. The largest absolute Gasteiger partial charge is 0.497 e. The van der Waals surface area contributed by atoms with Crippen LogP contribution in [0.5, 0.6) is 5.75 Å². The number of aliphatic carboxylic acids is 1. The zero-order valence-electron chi connectivity index (χ0n) is 18.2. The van der Waals surface area contributed by atoms with Crippen LogP contribution in [0.3, 0.4) is 0 Å². The van der Waals surface area contributed by atoms with Gasteiger partial charge in [-0.2, -0.15) is 0 Å². The Balaban J connectivity index is 1.56. The highest BCUT2D eigenvalue weighted by atomic mass is 35.5. The third-order valence-corrected chi connectivity index (χ3v) is 7.27. The molecule has 3 N–H and O–H groups in total. The Bertz CT molecular complexity index is 1220. The molecule has 10 heteroatoms. The summed E-state index contributed by atoms with van der Waals surface area (Å²) in [4.78, 5) is 53.1. The number of carboxylic acids is 1. The van der Waals surface area contributed by atoms with Crippen LogP contribution in [0.15, 0.2) is 42.5 Å². The van der Waals surface area contributed by atoms with Gasteiger partial charge in [0, 0.05) is 18.0 Å². The van der Waals surface area contributed by atoms with Gasteiger partial charge in [-0.3, -0.25) is 29.4 Å². The quantitative estimate of drug-likeness (QED) is 0.537. The van der Waals surface area contributed by atoms with Crippen molar-refractivity contribution >= 4 is 41.0 Å². The highest BCUT2D eigenvalue weighted by Crippen LogP contribution is 2.54. The Labute approximate surface area is 200 Å². The average molecular weight is 484 g/mol. The third-order valence-electron chi connectivity index (χ3n) is 6.96. The van der Waals surface area contributed by atoms with Gasteiger partial charge in [-0.1, -0.05) is 35.9 Å². The van der Waals surface area contributed by atoms with Gasteiger partial charge in [0.15, 0.2) is 0 Å². The molecule has 2 aromatic rings. The number of hydrogen-bond donors (Lipinski definition) is 3. The van der Waals surface area contributed by atoms with Crippen molar-refractivity contribution in [3.63, 3.8) is 0 Å². The first-order chi connectivity index (χ1) is 16.3. The van der Waals surface area contributed by atoms with E-state index in [2.05, 4.69) is 10.6 Å². The van der Waals surface area contributed by atoms with Gasteiger partial charge in [-0.15, -0.1) is 0 Å². The molecule has 2 aromatic carbocycles. The van der Waals surface area contributed by atoms with Crippen LogP contribution in [0.4, 0.5) is 5.69 Å². The van der Waals surface area contributed by atoms with E-state index >= 15 is 0 Å². The van der Waals surface area contributed by atoms with Gasteiger partial charge < -0.3 is 15.2 Å². The lowest BCUT2D eigenvalue weighted by Gasteiger charge is -2.29. The summed E-state index contributed by atoms with van der Waals surface area (Å²) in [7, 11) is 1.55. The lowest BCUT2D eigenvalue weighted by atomic mass is 9.76. The van der Waals surface area contributed by atoms with E-state index in [0.29, 0.717) is 22.0 Å². The minimum atomic E-state index is -1.50. The molecule has 0 aliphatic carbocycles. The van der Waals surface area contributed by atoms with Crippen molar-refractivity contribution in [1.29, 1.82) is 0 Å². The number of ether oxygens (including phenoxy) is 1. The molecule has 4 atom stereocenters. The van der Waals surface area contributed by atoms with E-state index in [0.717, 1.165) is 5.56 Å². The SMILES string of the molecule is COc1ccc(CN2C(=O)[C@@H]3C(CCC(=O)O)NC4(C(=O)Nc5c(Cl)cccc54)[C@@H]3C2=O)cc1. The second-order valence-electron chi connectivity index (χ2n) is 8.72. The van der Waals surface area contributed by atoms with E-state index in [9.17, 15) is 24.3 Å². The number of fused-ring (bicyclic) bond motifs is 4. The lowest BCUT2D eigenvalue weighted by molar-refractivity contribution is -0.144. The Morgan fingerprint density at radius 2 is 1.88 bits per heavy atom. The maximum Gasteiger partial charge on any atom is 0.303 e. The lowest BCUT2D eigenvalue weighted by Crippen LogP contribution is -2.53. The predicted molar refractivity (Wildman–Crippen MR) is 121 cm³/mol. The van der Waals surface area contributed by atoms with Gasteiger partial charge in [-0.25, -0.2) is 0 Å². The van der Waals surface area contributed by atoms with Crippen LogP contribution >= 0.6 is 11.6 Å². The van der Waals surface area contributed by atoms with E-state index in [4.69, 9.17) is 16.3 Å². The number of amides is 3. The molecule has 1 spiro atoms. The second kappa shape index (κ2) is 8.11. The summed E-state index contributed by atoms with van der Waals surface area (Å²) >= 11 is 6.31. The molecule has 5 rings (SSSR count). The number of carbonyl (C=O) groups excluding carboxylic acids is 3. The van der Waals surface area contributed by atoms with Crippen LogP contribution in [0.25, 0.3) is 0 Å². The molecule has 0 saturated carbocycles. The number of nitrogens with one attached hydrogen (secondary N) is 2. The van der Waals surface area contributed by atoms with Crippen molar-refractivity contribution in [1.82, 2.24) is 10.2 Å². The molecule has 3 amide bonds. The maximum atomic E-state index is 13.7. The average Bonchev–Trinajstić information content (AvgIpc) is 3.40. The van der Waals surface area contributed by atoms with Crippen molar-refractivity contribution in [3.8, 4) is 5.75 Å². The van der Waals surface area contributed by atoms with Gasteiger partial charge in [0.1, 0.15) is 11.3 Å². The van der Waals surface area contributed by atoms with E-state index in [1.54, 1.807) is 49.6 Å². The zero-order chi connectivity index (χ0) is 24.2. The van der Waals surface area contributed by atoms with Crippen molar-refractivity contribution in [3.05, 3.63) is 58.6 Å². The number of carboxylic acid groups (broad SMARTS) is 1. The summed E-state index contributed by atoms with van der Waals surface area (Å²) in [5.41, 5.74) is 0.111. The zero-order valence-corrected chi connectivity index (χ0v) is 19.0. The van der Waals surface area contributed by atoms with Crippen molar-refractivity contribution in [2.75, 3.05) is 12.4 Å². The summed E-state index contributed by atoms with van der Waals surface area (Å²) in [5.74, 6) is -3.64. The highest BCUT2D eigenvalue weighted by molar-refractivity contribution is 6.35. The molecule has 0 aromatic heterocycles. The fourth-order valence-electron chi connectivity index (χ4n) is 5.45. The van der Waals surface area contributed by atoms with Crippen molar-refractivity contribution in [2.45, 2.75) is 31.0 Å². The van der Waals surface area contributed by atoms with E-state index in [-0.39, 0.29) is 19.4 Å². The minimum absolute atomic E-state index is 0.0421. The fraction of sp³-hybridized carbons (Fsp3) is 0.333. The van der Waals surface area contributed by atoms with E-state index in [1.807, 2.05) is 0 Å². The van der Waals surface area contributed by atoms with Crippen LogP contribution < -0.4 is 15.4 Å². The molecule has 3 aliphatic heterocycles. The molecule has 3 heterocycles. The number of hydrogen-bond acceptors (Lipinski definition) is 6. The van der Waals surface area contributed by atoms with Crippen molar-refractivity contribution in [2.24, 2.45) is 11.8 Å². The van der Waals surface area contributed by atoms with Crippen LogP contribution in [0.2, 0.25) is 5.02 Å². The molecule has 0 bridgehead atoms. The Morgan fingerprint density at radius 1 is 1.15 bits per heavy atom. The van der Waals surface area contributed by atoms with Gasteiger partial charge in [0.25, 0.3) is 0 Å². The number of imide groups is 1. The molecular weight excluding hydrogens is 462 g/mol. The number of methoxy groups -OCH3 is 1. The molecule has 176 valence electrons. The molecular formula is C24H22ClN3O6. The Morgan fingerprint density at radius 3 is 2.56 bits per heavy atom. The highest BCUT2D eigenvalue weighted by Gasteiger charge is 2.70. The monoisotopic (exact) mass is 483 g/mol. The first kappa shape index (κ1) is 22.4. The summed E-state index contributed by atoms with van der Waals surface area (Å²) < 4.78 is 5.16. The smallest absolute Gasteiger partial charge is 0.303 e. The molecule has 34 heavy (non-hydrogen) atoms. The molecule has 9 nitrogen and oxygen atoms in total. The first-order valence-corrected chi connectivity index (χ1v) is 11.2. The van der Waals surface area contributed by atoms with E-state index < -0.39 is 47.1 Å².